The van der Waals surface area contributed by atoms with Crippen LogP contribution in [0.4, 0.5) is 4.79 Å². The zero-order valence-electron chi connectivity index (χ0n) is 18.8. The van der Waals surface area contributed by atoms with Crippen LogP contribution in [0.1, 0.15) is 19.4 Å². The first kappa shape index (κ1) is 25.4. The van der Waals surface area contributed by atoms with Crippen molar-refractivity contribution in [2.45, 2.75) is 31.2 Å². The number of rotatable bonds is 11. The van der Waals surface area contributed by atoms with E-state index in [1.165, 1.54) is 12.1 Å². The summed E-state index contributed by atoms with van der Waals surface area (Å²) in [4.78, 5) is 29.4. The van der Waals surface area contributed by atoms with Crippen LogP contribution in [0.25, 0.3) is 0 Å². The van der Waals surface area contributed by atoms with Crippen molar-refractivity contribution in [3.8, 4) is 0 Å². The molecule has 0 aliphatic rings. The van der Waals surface area contributed by atoms with E-state index in [1.54, 1.807) is 30.1 Å². The van der Waals surface area contributed by atoms with Gasteiger partial charge in [-0.05, 0) is 30.8 Å². The van der Waals surface area contributed by atoms with Crippen molar-refractivity contribution in [1.29, 1.82) is 0 Å². The molecular formula is C23H32N4O4S. The first-order valence-corrected chi connectivity index (χ1v) is 12.1. The van der Waals surface area contributed by atoms with Gasteiger partial charge in [0.25, 0.3) is 10.0 Å². The van der Waals surface area contributed by atoms with Crippen molar-refractivity contribution in [2.75, 3.05) is 33.2 Å². The summed E-state index contributed by atoms with van der Waals surface area (Å²) in [5.74, 6) is -0.284. The molecule has 0 radical (unpaired) electrons. The Morgan fingerprint density at radius 1 is 0.906 bits per heavy atom. The zero-order chi connectivity index (χ0) is 23.6. The third-order valence-corrected chi connectivity index (χ3v) is 6.54. The average Bonchev–Trinajstić information content (AvgIpc) is 2.79. The SMILES string of the molecule is CCN(CC)CCN(C)C(=O)[C@H](Cc1ccccc1)NC(=O)NS(=O)(=O)c1ccccc1. The van der Waals surface area contributed by atoms with E-state index in [1.807, 2.05) is 35.1 Å². The fraction of sp³-hybridized carbons (Fsp3) is 0.391. The molecule has 0 heterocycles. The first-order valence-electron chi connectivity index (χ1n) is 10.7. The van der Waals surface area contributed by atoms with Crippen molar-refractivity contribution in [3.63, 3.8) is 0 Å². The summed E-state index contributed by atoms with van der Waals surface area (Å²) in [6, 6.07) is 15.0. The first-order chi connectivity index (χ1) is 15.3. The maximum absolute atomic E-state index is 13.1. The number of likely N-dealkylation sites (N-methyl/N-ethyl adjacent to an activating group) is 2. The van der Waals surface area contributed by atoms with Crippen LogP contribution in [0.15, 0.2) is 65.6 Å². The average molecular weight is 461 g/mol. The number of amides is 3. The number of nitrogens with one attached hydrogen (secondary N) is 2. The van der Waals surface area contributed by atoms with E-state index in [2.05, 4.69) is 24.1 Å². The Bertz CT molecular complexity index is 964. The molecule has 0 unspecified atom stereocenters. The van der Waals surface area contributed by atoms with Gasteiger partial charge >= 0.3 is 6.03 Å². The molecule has 0 aliphatic heterocycles. The molecule has 0 fully saturated rings. The highest BCUT2D eigenvalue weighted by molar-refractivity contribution is 7.90. The fourth-order valence-electron chi connectivity index (χ4n) is 3.23. The number of hydrogen-bond donors (Lipinski definition) is 2. The Kier molecular flexibility index (Phi) is 9.67. The molecule has 0 saturated carbocycles. The van der Waals surface area contributed by atoms with E-state index in [0.717, 1.165) is 18.7 Å². The second-order valence-electron chi connectivity index (χ2n) is 7.42. The van der Waals surface area contributed by atoms with Gasteiger partial charge in [0.1, 0.15) is 6.04 Å². The number of sulfonamides is 1. The molecule has 2 aromatic carbocycles. The summed E-state index contributed by atoms with van der Waals surface area (Å²) in [5.41, 5.74) is 0.856. The number of carbonyl (C=O) groups excluding carboxylic acids is 2. The molecule has 32 heavy (non-hydrogen) atoms. The third kappa shape index (κ3) is 7.65. The number of carbonyl (C=O) groups is 2. The van der Waals surface area contributed by atoms with Crippen molar-refractivity contribution in [3.05, 3.63) is 66.2 Å². The molecule has 8 nitrogen and oxygen atoms in total. The Hall–Kier alpha value is -2.91. The summed E-state index contributed by atoms with van der Waals surface area (Å²) in [5, 5.41) is 2.55. The second-order valence-corrected chi connectivity index (χ2v) is 9.10. The van der Waals surface area contributed by atoms with Crippen LogP contribution in [0, 0.1) is 0 Å². The minimum atomic E-state index is -4.05. The van der Waals surface area contributed by atoms with Gasteiger partial charge in [0.15, 0.2) is 0 Å². The predicted octanol–water partition coefficient (Wildman–Crippen LogP) is 2.09. The standard InChI is InChI=1S/C23H32N4O4S/c1-4-27(5-2)17-16-26(3)22(28)21(18-19-12-8-6-9-13-19)24-23(29)25-32(30,31)20-14-10-7-11-15-20/h6-15,21H,4-5,16-18H2,1-3H3,(H2,24,25,29)/t21-/m0/s1. The number of urea groups is 1. The van der Waals surface area contributed by atoms with Crippen LogP contribution in [-0.4, -0.2) is 69.4 Å². The van der Waals surface area contributed by atoms with E-state index in [-0.39, 0.29) is 17.2 Å². The summed E-state index contributed by atoms with van der Waals surface area (Å²) >= 11 is 0. The second kappa shape index (κ2) is 12.2. The fourth-order valence-corrected chi connectivity index (χ4v) is 4.16. The van der Waals surface area contributed by atoms with Crippen LogP contribution >= 0.6 is 0 Å². The molecule has 0 aliphatic carbocycles. The molecule has 0 spiro atoms. The highest BCUT2D eigenvalue weighted by Crippen LogP contribution is 2.09. The molecule has 1 atom stereocenters. The largest absolute Gasteiger partial charge is 0.343 e. The molecule has 0 bridgehead atoms. The zero-order valence-corrected chi connectivity index (χ0v) is 19.6. The minimum Gasteiger partial charge on any atom is -0.343 e. The normalized spacial score (nSPS) is 12.2. The molecule has 174 valence electrons. The van der Waals surface area contributed by atoms with E-state index in [9.17, 15) is 18.0 Å². The molecule has 3 amide bonds. The predicted molar refractivity (Wildman–Crippen MR) is 125 cm³/mol. The monoisotopic (exact) mass is 460 g/mol. The maximum Gasteiger partial charge on any atom is 0.329 e. The maximum atomic E-state index is 13.1. The van der Waals surface area contributed by atoms with Gasteiger partial charge in [-0.25, -0.2) is 17.9 Å². The van der Waals surface area contributed by atoms with Crippen LogP contribution in [0.3, 0.4) is 0 Å². The van der Waals surface area contributed by atoms with Gasteiger partial charge in [0, 0.05) is 26.6 Å². The lowest BCUT2D eigenvalue weighted by Crippen LogP contribution is -2.53. The molecule has 2 rings (SSSR count). The molecule has 2 aromatic rings. The third-order valence-electron chi connectivity index (χ3n) is 5.19. The number of hydrogen-bond acceptors (Lipinski definition) is 5. The molecular weight excluding hydrogens is 428 g/mol. The van der Waals surface area contributed by atoms with Gasteiger partial charge in [-0.1, -0.05) is 62.4 Å². The lowest BCUT2D eigenvalue weighted by molar-refractivity contribution is -0.132. The molecule has 2 N–H and O–H groups in total. The van der Waals surface area contributed by atoms with Crippen molar-refractivity contribution in [2.24, 2.45) is 0 Å². The Morgan fingerprint density at radius 2 is 1.47 bits per heavy atom. The number of benzene rings is 2. The van der Waals surface area contributed by atoms with Crippen molar-refractivity contribution in [1.82, 2.24) is 19.8 Å². The lowest BCUT2D eigenvalue weighted by Gasteiger charge is -2.27. The number of nitrogens with zero attached hydrogens (tertiary/aromatic N) is 2. The smallest absolute Gasteiger partial charge is 0.329 e. The minimum absolute atomic E-state index is 0.0302. The highest BCUT2D eigenvalue weighted by atomic mass is 32.2. The summed E-state index contributed by atoms with van der Waals surface area (Å²) in [6.07, 6.45) is 0.244. The van der Waals surface area contributed by atoms with Gasteiger partial charge in [-0.15, -0.1) is 0 Å². The Balaban J connectivity index is 2.12. The highest BCUT2D eigenvalue weighted by Gasteiger charge is 2.26. The van der Waals surface area contributed by atoms with Gasteiger partial charge < -0.3 is 15.1 Å². The van der Waals surface area contributed by atoms with Gasteiger partial charge in [0.2, 0.25) is 5.91 Å². The quantitative estimate of drug-likeness (QED) is 0.535. The van der Waals surface area contributed by atoms with E-state index < -0.39 is 22.1 Å². The van der Waals surface area contributed by atoms with Gasteiger partial charge in [-0.2, -0.15) is 0 Å². The van der Waals surface area contributed by atoms with Crippen LogP contribution < -0.4 is 10.0 Å². The molecule has 9 heteroatoms. The van der Waals surface area contributed by atoms with E-state index >= 15 is 0 Å². The lowest BCUT2D eigenvalue weighted by atomic mass is 10.0. The van der Waals surface area contributed by atoms with E-state index in [4.69, 9.17) is 0 Å². The van der Waals surface area contributed by atoms with Crippen molar-refractivity contribution < 1.29 is 18.0 Å². The van der Waals surface area contributed by atoms with Crippen LogP contribution in [0.5, 0.6) is 0 Å². The summed E-state index contributed by atoms with van der Waals surface area (Å²) < 4.78 is 26.9. The molecule has 0 aromatic heterocycles. The Labute approximate surface area is 190 Å². The molecule has 0 saturated heterocycles. The topological polar surface area (TPSA) is 98.8 Å². The van der Waals surface area contributed by atoms with Crippen LogP contribution in [0.2, 0.25) is 0 Å². The van der Waals surface area contributed by atoms with Gasteiger partial charge in [-0.3, -0.25) is 4.79 Å². The Morgan fingerprint density at radius 3 is 2.03 bits per heavy atom. The summed E-state index contributed by atoms with van der Waals surface area (Å²) in [7, 11) is -2.36. The van der Waals surface area contributed by atoms with Gasteiger partial charge in [0.05, 0.1) is 4.90 Å². The van der Waals surface area contributed by atoms with Crippen molar-refractivity contribution >= 4 is 22.0 Å². The van der Waals surface area contributed by atoms with Crippen LogP contribution in [-0.2, 0) is 21.2 Å². The van der Waals surface area contributed by atoms with E-state index in [0.29, 0.717) is 13.1 Å². The summed E-state index contributed by atoms with van der Waals surface area (Å²) in [6.45, 7) is 7.08.